The van der Waals surface area contributed by atoms with E-state index in [1.807, 2.05) is 0 Å². The van der Waals surface area contributed by atoms with Gasteiger partial charge in [0.1, 0.15) is 11.6 Å². The Morgan fingerprint density at radius 2 is 1.89 bits per heavy atom. The van der Waals surface area contributed by atoms with Gasteiger partial charge in [-0.3, -0.25) is 9.59 Å². The molecule has 1 aliphatic heterocycles. The average Bonchev–Trinajstić information content (AvgIpc) is 2.91. The van der Waals surface area contributed by atoms with Gasteiger partial charge in [-0.15, -0.1) is 0 Å². The average molecular weight is 374 g/mol. The van der Waals surface area contributed by atoms with Crippen molar-refractivity contribution in [3.05, 3.63) is 65.2 Å². The quantitative estimate of drug-likeness (QED) is 0.788. The minimum absolute atomic E-state index is 0.0614. The zero-order chi connectivity index (χ0) is 19.6. The number of carbonyl (C=O) groups excluding carboxylic acids is 2. The monoisotopic (exact) mass is 374 g/mol. The van der Waals surface area contributed by atoms with Crippen molar-refractivity contribution in [2.75, 3.05) is 18.0 Å². The van der Waals surface area contributed by atoms with Gasteiger partial charge in [0.15, 0.2) is 0 Å². The van der Waals surface area contributed by atoms with Gasteiger partial charge in [0.2, 0.25) is 5.60 Å². The highest BCUT2D eigenvalue weighted by atomic mass is 19.1. The Balaban J connectivity index is 1.62. The number of aliphatic hydroxyl groups is 1. The molecule has 142 valence electrons. The van der Waals surface area contributed by atoms with E-state index in [1.54, 1.807) is 13.0 Å². The fourth-order valence-corrected chi connectivity index (χ4v) is 3.21. The van der Waals surface area contributed by atoms with Crippen LogP contribution in [-0.4, -0.2) is 35.6 Å². The fraction of sp³-hybridized carbons (Fsp3) is 0.300. The highest BCUT2D eigenvalue weighted by Gasteiger charge is 2.51. The van der Waals surface area contributed by atoms with E-state index in [0.717, 1.165) is 5.56 Å². The maximum atomic E-state index is 13.4. The van der Waals surface area contributed by atoms with Crippen molar-refractivity contribution in [1.29, 1.82) is 0 Å². The van der Waals surface area contributed by atoms with Crippen molar-refractivity contribution in [2.24, 2.45) is 0 Å². The number of halogens is 2. The minimum Gasteiger partial charge on any atom is -0.372 e. The van der Waals surface area contributed by atoms with Crippen LogP contribution in [0.25, 0.3) is 0 Å². The van der Waals surface area contributed by atoms with E-state index in [9.17, 15) is 23.5 Å². The van der Waals surface area contributed by atoms with Gasteiger partial charge in [0.05, 0.1) is 0 Å². The molecule has 2 amide bonds. The Kier molecular flexibility index (Phi) is 5.23. The Hall–Kier alpha value is -2.80. The zero-order valence-corrected chi connectivity index (χ0v) is 14.8. The van der Waals surface area contributed by atoms with Crippen molar-refractivity contribution in [3.63, 3.8) is 0 Å². The summed E-state index contributed by atoms with van der Waals surface area (Å²) in [5.74, 6) is -2.32. The third-order valence-corrected chi connectivity index (χ3v) is 4.61. The molecule has 5 nitrogen and oxygen atoms in total. The number of benzene rings is 2. The van der Waals surface area contributed by atoms with Crippen LogP contribution in [0, 0.1) is 18.6 Å². The summed E-state index contributed by atoms with van der Waals surface area (Å²) < 4.78 is 26.4. The molecule has 7 heteroatoms. The molecule has 1 saturated heterocycles. The molecule has 2 aromatic carbocycles. The van der Waals surface area contributed by atoms with E-state index in [2.05, 4.69) is 5.32 Å². The highest BCUT2D eigenvalue weighted by molar-refractivity contribution is 6.16. The van der Waals surface area contributed by atoms with Crippen molar-refractivity contribution < 1.29 is 23.5 Å². The summed E-state index contributed by atoms with van der Waals surface area (Å²) >= 11 is 0. The molecule has 0 spiro atoms. The van der Waals surface area contributed by atoms with E-state index in [1.165, 1.54) is 41.3 Å². The molecule has 2 aromatic rings. The third kappa shape index (κ3) is 3.98. The Labute approximate surface area is 155 Å². The lowest BCUT2D eigenvalue weighted by Crippen LogP contribution is -2.52. The first-order valence-electron chi connectivity index (χ1n) is 8.64. The van der Waals surface area contributed by atoms with Crippen LogP contribution in [0.15, 0.2) is 42.5 Å². The molecule has 0 radical (unpaired) electrons. The van der Waals surface area contributed by atoms with Crippen molar-refractivity contribution in [3.8, 4) is 0 Å². The number of nitrogens with one attached hydrogen (secondary N) is 1. The Morgan fingerprint density at radius 1 is 1.19 bits per heavy atom. The Bertz CT molecular complexity index is 850. The summed E-state index contributed by atoms with van der Waals surface area (Å²) in [5.41, 5.74) is -0.256. The SMILES string of the molecule is Cc1cc(F)cc(CCNC(=O)C2(O)CCN(c3ccc(F)cc3)C2=O)c1. The third-order valence-electron chi connectivity index (χ3n) is 4.61. The number of amides is 2. The van der Waals surface area contributed by atoms with E-state index in [-0.39, 0.29) is 25.3 Å². The largest absolute Gasteiger partial charge is 0.372 e. The Morgan fingerprint density at radius 3 is 2.56 bits per heavy atom. The topological polar surface area (TPSA) is 69.6 Å². The lowest BCUT2D eigenvalue weighted by molar-refractivity contribution is -0.149. The van der Waals surface area contributed by atoms with Crippen LogP contribution in [0.3, 0.4) is 0 Å². The first-order chi connectivity index (χ1) is 12.8. The molecule has 0 bridgehead atoms. The molecule has 1 fully saturated rings. The molecule has 27 heavy (non-hydrogen) atoms. The van der Waals surface area contributed by atoms with E-state index in [0.29, 0.717) is 17.7 Å². The second-order valence-corrected chi connectivity index (χ2v) is 6.69. The smallest absolute Gasteiger partial charge is 0.268 e. The van der Waals surface area contributed by atoms with Crippen LogP contribution in [0.2, 0.25) is 0 Å². The molecule has 1 unspecified atom stereocenters. The molecule has 3 rings (SSSR count). The van der Waals surface area contributed by atoms with Crippen LogP contribution in [0.4, 0.5) is 14.5 Å². The van der Waals surface area contributed by atoms with Crippen molar-refractivity contribution >= 4 is 17.5 Å². The van der Waals surface area contributed by atoms with Gasteiger partial charge in [-0.25, -0.2) is 8.78 Å². The summed E-state index contributed by atoms with van der Waals surface area (Å²) in [6.07, 6.45) is 0.310. The minimum atomic E-state index is -2.16. The number of anilines is 1. The van der Waals surface area contributed by atoms with Crippen LogP contribution in [0.5, 0.6) is 0 Å². The second-order valence-electron chi connectivity index (χ2n) is 6.69. The van der Waals surface area contributed by atoms with Gasteiger partial charge >= 0.3 is 0 Å². The predicted octanol–water partition coefficient (Wildman–Crippen LogP) is 2.10. The van der Waals surface area contributed by atoms with E-state index in [4.69, 9.17) is 0 Å². The molecule has 0 aromatic heterocycles. The predicted molar refractivity (Wildman–Crippen MR) is 96.2 cm³/mol. The number of nitrogens with zero attached hydrogens (tertiary/aromatic N) is 1. The summed E-state index contributed by atoms with van der Waals surface area (Å²) in [6, 6.07) is 9.85. The lowest BCUT2D eigenvalue weighted by Gasteiger charge is -2.21. The van der Waals surface area contributed by atoms with Crippen LogP contribution < -0.4 is 10.2 Å². The molecule has 0 saturated carbocycles. The van der Waals surface area contributed by atoms with Crippen LogP contribution >= 0.6 is 0 Å². The van der Waals surface area contributed by atoms with E-state index < -0.39 is 23.2 Å². The number of carbonyl (C=O) groups is 2. The first kappa shape index (κ1) is 19.0. The van der Waals surface area contributed by atoms with Crippen LogP contribution in [-0.2, 0) is 16.0 Å². The normalized spacial score (nSPS) is 19.4. The maximum absolute atomic E-state index is 13.4. The molecular weight excluding hydrogens is 354 g/mol. The van der Waals surface area contributed by atoms with Crippen molar-refractivity contribution in [1.82, 2.24) is 5.32 Å². The molecule has 1 aliphatic rings. The number of hydrogen-bond donors (Lipinski definition) is 2. The maximum Gasteiger partial charge on any atom is 0.268 e. The summed E-state index contributed by atoms with van der Waals surface area (Å²) in [6.45, 7) is 2.08. The first-order valence-corrected chi connectivity index (χ1v) is 8.64. The standard InChI is InChI=1S/C20H20F2N2O3/c1-13-10-14(12-16(22)11-13)6-8-23-18(25)20(27)7-9-24(19(20)26)17-4-2-15(21)3-5-17/h2-5,10-12,27H,6-9H2,1H3,(H,23,25). The second kappa shape index (κ2) is 7.44. The molecule has 1 heterocycles. The zero-order valence-electron chi connectivity index (χ0n) is 14.8. The fourth-order valence-electron chi connectivity index (χ4n) is 3.21. The molecule has 0 aliphatic carbocycles. The highest BCUT2D eigenvalue weighted by Crippen LogP contribution is 2.28. The van der Waals surface area contributed by atoms with Gasteiger partial charge in [0.25, 0.3) is 11.8 Å². The number of rotatable bonds is 5. The molecule has 1 atom stereocenters. The van der Waals surface area contributed by atoms with Gasteiger partial charge < -0.3 is 15.3 Å². The van der Waals surface area contributed by atoms with Gasteiger partial charge in [0, 0.05) is 25.2 Å². The number of hydrogen-bond acceptors (Lipinski definition) is 3. The number of aryl methyl sites for hydroxylation is 1. The molecule has 2 N–H and O–H groups in total. The van der Waals surface area contributed by atoms with Gasteiger partial charge in [-0.1, -0.05) is 6.07 Å². The van der Waals surface area contributed by atoms with E-state index >= 15 is 0 Å². The molecular formula is C20H20F2N2O3. The summed E-state index contributed by atoms with van der Waals surface area (Å²) in [5, 5.41) is 13.1. The summed E-state index contributed by atoms with van der Waals surface area (Å²) in [4.78, 5) is 26.2. The van der Waals surface area contributed by atoms with Crippen molar-refractivity contribution in [2.45, 2.75) is 25.4 Å². The van der Waals surface area contributed by atoms with Gasteiger partial charge in [-0.05, 0) is 60.9 Å². The summed E-state index contributed by atoms with van der Waals surface area (Å²) in [7, 11) is 0. The lowest BCUT2D eigenvalue weighted by atomic mass is 10.0. The van der Waals surface area contributed by atoms with Crippen LogP contribution in [0.1, 0.15) is 17.5 Å². The van der Waals surface area contributed by atoms with Gasteiger partial charge in [-0.2, -0.15) is 0 Å².